The lowest BCUT2D eigenvalue weighted by molar-refractivity contribution is -0.0391. The van der Waals surface area contributed by atoms with Gasteiger partial charge in [-0.1, -0.05) is 6.92 Å². The first-order valence-electron chi connectivity index (χ1n) is 6.48. The second kappa shape index (κ2) is 6.58. The maximum Gasteiger partial charge on any atom is 0.0630 e. The molecule has 2 unspecified atom stereocenters. The smallest absolute Gasteiger partial charge is 0.0630 e. The molecular formula is C13H27NO2. The normalized spacial score (nSPS) is 24.4. The Hall–Kier alpha value is -0.120. The van der Waals surface area contributed by atoms with Crippen LogP contribution < -0.4 is 5.32 Å². The van der Waals surface area contributed by atoms with Gasteiger partial charge in [0.15, 0.2) is 0 Å². The molecule has 1 rings (SSSR count). The average molecular weight is 229 g/mol. The van der Waals surface area contributed by atoms with E-state index in [1.54, 1.807) is 0 Å². The summed E-state index contributed by atoms with van der Waals surface area (Å²) in [5.41, 5.74) is -0.0524. The molecule has 1 aliphatic rings. The number of ether oxygens (including phenoxy) is 2. The topological polar surface area (TPSA) is 30.5 Å². The fraction of sp³-hybridized carbons (Fsp3) is 1.00. The lowest BCUT2D eigenvalue weighted by atomic mass is 9.94. The van der Waals surface area contributed by atoms with Crippen LogP contribution in [0.5, 0.6) is 0 Å². The fourth-order valence-electron chi connectivity index (χ4n) is 2.05. The number of hydrogen-bond donors (Lipinski definition) is 1. The first-order valence-corrected chi connectivity index (χ1v) is 6.48. The van der Waals surface area contributed by atoms with Crippen LogP contribution in [0.1, 0.15) is 40.5 Å². The van der Waals surface area contributed by atoms with Crippen molar-refractivity contribution in [3.05, 3.63) is 0 Å². The Bertz CT molecular complexity index is 183. The molecule has 16 heavy (non-hydrogen) atoms. The molecule has 0 aromatic rings. The van der Waals surface area contributed by atoms with Gasteiger partial charge in [-0.15, -0.1) is 0 Å². The molecule has 2 atom stereocenters. The maximum absolute atomic E-state index is 5.88. The third kappa shape index (κ3) is 5.28. The van der Waals surface area contributed by atoms with E-state index in [2.05, 4.69) is 33.0 Å². The summed E-state index contributed by atoms with van der Waals surface area (Å²) in [7, 11) is 0. The van der Waals surface area contributed by atoms with Crippen molar-refractivity contribution in [2.75, 3.05) is 26.4 Å². The van der Waals surface area contributed by atoms with E-state index in [1.807, 2.05) is 0 Å². The molecule has 0 spiro atoms. The van der Waals surface area contributed by atoms with E-state index in [9.17, 15) is 0 Å². The van der Waals surface area contributed by atoms with Crippen molar-refractivity contribution in [2.45, 2.75) is 52.2 Å². The van der Waals surface area contributed by atoms with Crippen LogP contribution in [0.3, 0.4) is 0 Å². The van der Waals surface area contributed by atoms with E-state index in [0.29, 0.717) is 12.0 Å². The SMILES string of the molecule is CCNC(COC(C)(C)C)C1CCCOC1. The summed E-state index contributed by atoms with van der Waals surface area (Å²) >= 11 is 0. The highest BCUT2D eigenvalue weighted by Gasteiger charge is 2.25. The summed E-state index contributed by atoms with van der Waals surface area (Å²) in [4.78, 5) is 0. The van der Waals surface area contributed by atoms with Crippen LogP contribution >= 0.6 is 0 Å². The van der Waals surface area contributed by atoms with E-state index in [1.165, 1.54) is 12.8 Å². The zero-order chi connectivity index (χ0) is 12.0. The summed E-state index contributed by atoms with van der Waals surface area (Å²) in [6.07, 6.45) is 2.44. The predicted molar refractivity (Wildman–Crippen MR) is 66.7 cm³/mol. The molecule has 0 radical (unpaired) electrons. The number of hydrogen-bond acceptors (Lipinski definition) is 3. The van der Waals surface area contributed by atoms with E-state index in [4.69, 9.17) is 9.47 Å². The largest absolute Gasteiger partial charge is 0.381 e. The number of rotatable bonds is 5. The fourth-order valence-corrected chi connectivity index (χ4v) is 2.05. The summed E-state index contributed by atoms with van der Waals surface area (Å²) in [6.45, 7) is 12.0. The van der Waals surface area contributed by atoms with Gasteiger partial charge in [-0.3, -0.25) is 0 Å². The highest BCUT2D eigenvalue weighted by atomic mass is 16.5. The summed E-state index contributed by atoms with van der Waals surface area (Å²) in [6, 6.07) is 0.435. The Morgan fingerprint density at radius 1 is 1.44 bits per heavy atom. The molecule has 1 saturated heterocycles. The Balaban J connectivity index is 2.39. The van der Waals surface area contributed by atoms with Crippen LogP contribution in [0, 0.1) is 5.92 Å². The summed E-state index contributed by atoms with van der Waals surface area (Å²) < 4.78 is 11.4. The molecule has 0 bridgehead atoms. The van der Waals surface area contributed by atoms with Gasteiger partial charge in [0.05, 0.1) is 18.8 Å². The van der Waals surface area contributed by atoms with E-state index in [0.717, 1.165) is 26.4 Å². The lowest BCUT2D eigenvalue weighted by Gasteiger charge is -2.32. The average Bonchev–Trinajstić information content (AvgIpc) is 2.24. The quantitative estimate of drug-likeness (QED) is 0.784. The van der Waals surface area contributed by atoms with Crippen LogP contribution in [0.4, 0.5) is 0 Å². The van der Waals surface area contributed by atoms with E-state index in [-0.39, 0.29) is 5.60 Å². The minimum Gasteiger partial charge on any atom is -0.381 e. The third-order valence-corrected chi connectivity index (χ3v) is 2.93. The molecule has 3 nitrogen and oxygen atoms in total. The minimum atomic E-state index is -0.0524. The molecule has 1 aliphatic heterocycles. The lowest BCUT2D eigenvalue weighted by Crippen LogP contribution is -2.44. The van der Waals surface area contributed by atoms with Gasteiger partial charge in [-0.25, -0.2) is 0 Å². The third-order valence-electron chi connectivity index (χ3n) is 2.93. The first-order chi connectivity index (χ1) is 7.53. The molecule has 1 heterocycles. The Labute approximate surface area is 99.9 Å². The van der Waals surface area contributed by atoms with Gasteiger partial charge in [0.25, 0.3) is 0 Å². The summed E-state index contributed by atoms with van der Waals surface area (Å²) in [5.74, 6) is 0.607. The molecule has 3 heteroatoms. The van der Waals surface area contributed by atoms with Crippen LogP contribution in [0.25, 0.3) is 0 Å². The molecule has 0 aromatic heterocycles. The van der Waals surface area contributed by atoms with E-state index < -0.39 is 0 Å². The molecule has 1 N–H and O–H groups in total. The number of nitrogens with one attached hydrogen (secondary N) is 1. The molecule has 0 amide bonds. The molecule has 1 fully saturated rings. The van der Waals surface area contributed by atoms with Crippen LogP contribution in [0.15, 0.2) is 0 Å². The van der Waals surface area contributed by atoms with Gasteiger partial charge in [0.1, 0.15) is 0 Å². The van der Waals surface area contributed by atoms with Gasteiger partial charge in [-0.2, -0.15) is 0 Å². The van der Waals surface area contributed by atoms with E-state index >= 15 is 0 Å². The summed E-state index contributed by atoms with van der Waals surface area (Å²) in [5, 5.41) is 3.52. The zero-order valence-electron chi connectivity index (χ0n) is 11.2. The Kier molecular flexibility index (Phi) is 5.73. The molecule has 0 saturated carbocycles. The Morgan fingerprint density at radius 3 is 2.69 bits per heavy atom. The van der Waals surface area contributed by atoms with Crippen molar-refractivity contribution in [1.82, 2.24) is 5.32 Å². The standard InChI is InChI=1S/C13H27NO2/c1-5-14-12(10-16-13(2,3)4)11-7-6-8-15-9-11/h11-12,14H,5-10H2,1-4H3. The molecule has 96 valence electrons. The van der Waals surface area contributed by atoms with Crippen LogP contribution in [-0.4, -0.2) is 38.0 Å². The monoisotopic (exact) mass is 229 g/mol. The van der Waals surface area contributed by atoms with Crippen molar-refractivity contribution in [1.29, 1.82) is 0 Å². The van der Waals surface area contributed by atoms with Crippen LogP contribution in [0.2, 0.25) is 0 Å². The van der Waals surface area contributed by atoms with Crippen molar-refractivity contribution in [3.8, 4) is 0 Å². The van der Waals surface area contributed by atoms with Gasteiger partial charge in [0, 0.05) is 12.6 Å². The second-order valence-electron chi connectivity index (χ2n) is 5.56. The van der Waals surface area contributed by atoms with Crippen molar-refractivity contribution in [2.24, 2.45) is 5.92 Å². The maximum atomic E-state index is 5.88. The van der Waals surface area contributed by atoms with Crippen molar-refractivity contribution in [3.63, 3.8) is 0 Å². The number of likely N-dealkylation sites (N-methyl/N-ethyl adjacent to an activating group) is 1. The molecule has 0 aromatic carbocycles. The zero-order valence-corrected chi connectivity index (χ0v) is 11.2. The predicted octanol–water partition coefficient (Wildman–Crippen LogP) is 2.21. The second-order valence-corrected chi connectivity index (χ2v) is 5.56. The van der Waals surface area contributed by atoms with Crippen molar-refractivity contribution >= 4 is 0 Å². The van der Waals surface area contributed by atoms with Gasteiger partial charge in [0.2, 0.25) is 0 Å². The highest BCUT2D eigenvalue weighted by molar-refractivity contribution is 4.79. The minimum absolute atomic E-state index is 0.0524. The molecular weight excluding hydrogens is 202 g/mol. The van der Waals surface area contributed by atoms with Gasteiger partial charge < -0.3 is 14.8 Å². The first kappa shape index (κ1) is 13.9. The Morgan fingerprint density at radius 2 is 2.19 bits per heavy atom. The highest BCUT2D eigenvalue weighted by Crippen LogP contribution is 2.19. The van der Waals surface area contributed by atoms with Crippen molar-refractivity contribution < 1.29 is 9.47 Å². The molecule has 0 aliphatic carbocycles. The van der Waals surface area contributed by atoms with Crippen LogP contribution in [-0.2, 0) is 9.47 Å². The van der Waals surface area contributed by atoms with Gasteiger partial charge >= 0.3 is 0 Å². The van der Waals surface area contributed by atoms with Gasteiger partial charge in [-0.05, 0) is 46.1 Å².